The van der Waals surface area contributed by atoms with Crippen LogP contribution < -0.4 is 5.56 Å². The second-order valence-electron chi connectivity index (χ2n) is 4.10. The summed E-state index contributed by atoms with van der Waals surface area (Å²) in [5.41, 5.74) is 2.48. The topological polar surface area (TPSA) is 54.6 Å². The molecule has 0 amide bonds. The van der Waals surface area contributed by atoms with Crippen molar-refractivity contribution < 1.29 is 5.11 Å². The summed E-state index contributed by atoms with van der Waals surface area (Å²) < 4.78 is 1.57. The summed E-state index contributed by atoms with van der Waals surface area (Å²) in [6, 6.07) is 5.38. The predicted octanol–water partition coefficient (Wildman–Crippen LogP) is 1.62. The van der Waals surface area contributed by atoms with Gasteiger partial charge in [-0.3, -0.25) is 9.20 Å². The minimum Gasteiger partial charge on any atom is -0.396 e. The molecule has 2 heterocycles. The summed E-state index contributed by atoms with van der Waals surface area (Å²) in [4.78, 5) is 16.4. The summed E-state index contributed by atoms with van der Waals surface area (Å²) >= 11 is 1.68. The normalized spacial score (nSPS) is 11.0. The first-order valence-electron chi connectivity index (χ1n) is 5.89. The highest BCUT2D eigenvalue weighted by Crippen LogP contribution is 2.12. The summed E-state index contributed by atoms with van der Waals surface area (Å²) in [5, 5.41) is 8.70. The van der Waals surface area contributed by atoms with Crippen LogP contribution in [0.5, 0.6) is 0 Å². The Morgan fingerprint density at radius 2 is 2.33 bits per heavy atom. The third kappa shape index (κ3) is 2.91. The zero-order valence-corrected chi connectivity index (χ0v) is 11.1. The van der Waals surface area contributed by atoms with Gasteiger partial charge in [0.1, 0.15) is 5.65 Å². The molecule has 1 N–H and O–H groups in total. The number of aliphatic hydroxyl groups excluding tert-OH is 1. The van der Waals surface area contributed by atoms with Crippen molar-refractivity contribution >= 4 is 17.4 Å². The van der Waals surface area contributed by atoms with Crippen LogP contribution in [-0.2, 0) is 5.75 Å². The molecule has 96 valence electrons. The van der Waals surface area contributed by atoms with Crippen molar-refractivity contribution in [2.75, 3.05) is 12.4 Å². The van der Waals surface area contributed by atoms with E-state index in [1.165, 1.54) is 0 Å². The van der Waals surface area contributed by atoms with E-state index in [1.807, 2.05) is 19.1 Å². The molecule has 2 aromatic rings. The van der Waals surface area contributed by atoms with Crippen LogP contribution in [0.3, 0.4) is 0 Å². The van der Waals surface area contributed by atoms with Crippen LogP contribution in [0.2, 0.25) is 0 Å². The van der Waals surface area contributed by atoms with E-state index in [9.17, 15) is 4.79 Å². The van der Waals surface area contributed by atoms with Gasteiger partial charge in [0.15, 0.2) is 0 Å². The van der Waals surface area contributed by atoms with Crippen LogP contribution >= 0.6 is 11.8 Å². The Bertz CT molecular complexity index is 595. The Balaban J connectivity index is 2.25. The SMILES string of the molecule is Cc1cccn2c(=O)cc(CSCCCO)nc12. The van der Waals surface area contributed by atoms with Crippen molar-refractivity contribution in [2.45, 2.75) is 19.1 Å². The average Bonchev–Trinajstić information content (AvgIpc) is 2.36. The Labute approximate surface area is 110 Å². The molecule has 0 aliphatic heterocycles. The first kappa shape index (κ1) is 13.1. The number of hydrogen-bond donors (Lipinski definition) is 1. The van der Waals surface area contributed by atoms with Gasteiger partial charge in [0, 0.05) is 24.6 Å². The fraction of sp³-hybridized carbons (Fsp3) is 0.385. The van der Waals surface area contributed by atoms with Gasteiger partial charge < -0.3 is 5.11 Å². The number of hydrogen-bond acceptors (Lipinski definition) is 4. The Morgan fingerprint density at radius 3 is 3.11 bits per heavy atom. The van der Waals surface area contributed by atoms with Gasteiger partial charge in [-0.2, -0.15) is 11.8 Å². The number of rotatable bonds is 5. The lowest BCUT2D eigenvalue weighted by Gasteiger charge is -2.05. The van der Waals surface area contributed by atoms with Crippen LogP contribution in [0.4, 0.5) is 0 Å². The maximum absolute atomic E-state index is 11.9. The number of pyridine rings is 1. The third-order valence-electron chi connectivity index (χ3n) is 2.64. The summed E-state index contributed by atoms with van der Waals surface area (Å²) in [5.74, 6) is 1.59. The second-order valence-corrected chi connectivity index (χ2v) is 5.21. The highest BCUT2D eigenvalue weighted by atomic mass is 32.2. The molecule has 2 rings (SSSR count). The lowest BCUT2D eigenvalue weighted by Crippen LogP contribution is -2.15. The van der Waals surface area contributed by atoms with Gasteiger partial charge in [0.05, 0.1) is 5.69 Å². The molecule has 0 radical (unpaired) electrons. The fourth-order valence-corrected chi connectivity index (χ4v) is 2.56. The van der Waals surface area contributed by atoms with Crippen LogP contribution in [0.1, 0.15) is 17.7 Å². The quantitative estimate of drug-likeness (QED) is 0.834. The van der Waals surface area contributed by atoms with E-state index in [1.54, 1.807) is 28.4 Å². The number of aromatic nitrogens is 2. The van der Waals surface area contributed by atoms with Gasteiger partial charge in [-0.25, -0.2) is 4.98 Å². The minimum absolute atomic E-state index is 0.0403. The fourth-order valence-electron chi connectivity index (χ4n) is 1.73. The van der Waals surface area contributed by atoms with Gasteiger partial charge in [-0.1, -0.05) is 6.07 Å². The van der Waals surface area contributed by atoms with E-state index < -0.39 is 0 Å². The molecule has 0 spiro atoms. The molecule has 2 aromatic heterocycles. The van der Waals surface area contributed by atoms with Crippen molar-refractivity contribution in [2.24, 2.45) is 0 Å². The van der Waals surface area contributed by atoms with Crippen LogP contribution in [-0.4, -0.2) is 26.9 Å². The standard InChI is InChI=1S/C13H16N2O2S/c1-10-4-2-5-15-12(17)8-11(14-13(10)15)9-18-7-3-6-16/h2,4-5,8,16H,3,6-7,9H2,1H3. The van der Waals surface area contributed by atoms with Gasteiger partial charge in [0.2, 0.25) is 0 Å². The van der Waals surface area contributed by atoms with Gasteiger partial charge in [-0.05, 0) is 30.7 Å². The zero-order valence-electron chi connectivity index (χ0n) is 10.3. The lowest BCUT2D eigenvalue weighted by molar-refractivity contribution is 0.296. The summed E-state index contributed by atoms with van der Waals surface area (Å²) in [7, 11) is 0. The van der Waals surface area contributed by atoms with Crippen molar-refractivity contribution in [1.82, 2.24) is 9.38 Å². The highest BCUT2D eigenvalue weighted by molar-refractivity contribution is 7.98. The van der Waals surface area contributed by atoms with E-state index in [0.29, 0.717) is 5.75 Å². The zero-order chi connectivity index (χ0) is 13.0. The molecule has 0 bridgehead atoms. The second kappa shape index (κ2) is 6.02. The Morgan fingerprint density at radius 1 is 1.50 bits per heavy atom. The smallest absolute Gasteiger partial charge is 0.258 e. The van der Waals surface area contributed by atoms with E-state index >= 15 is 0 Å². The molecule has 4 nitrogen and oxygen atoms in total. The molecule has 0 atom stereocenters. The molecule has 0 aliphatic rings. The van der Waals surface area contributed by atoms with E-state index in [4.69, 9.17) is 5.11 Å². The largest absolute Gasteiger partial charge is 0.396 e. The number of thioether (sulfide) groups is 1. The van der Waals surface area contributed by atoms with Gasteiger partial charge in [-0.15, -0.1) is 0 Å². The minimum atomic E-state index is -0.0403. The lowest BCUT2D eigenvalue weighted by atomic mass is 10.3. The van der Waals surface area contributed by atoms with Crippen molar-refractivity contribution in [1.29, 1.82) is 0 Å². The van der Waals surface area contributed by atoms with E-state index in [2.05, 4.69) is 4.98 Å². The molecule has 0 aromatic carbocycles. The van der Waals surface area contributed by atoms with Crippen LogP contribution in [0.15, 0.2) is 29.2 Å². The van der Waals surface area contributed by atoms with Crippen molar-refractivity contribution in [3.05, 3.63) is 46.0 Å². The molecular formula is C13H16N2O2S. The molecule has 18 heavy (non-hydrogen) atoms. The van der Waals surface area contributed by atoms with Crippen molar-refractivity contribution in [3.8, 4) is 0 Å². The summed E-state index contributed by atoms with van der Waals surface area (Å²) in [6.45, 7) is 2.16. The van der Waals surface area contributed by atoms with Crippen LogP contribution in [0, 0.1) is 6.92 Å². The van der Waals surface area contributed by atoms with Gasteiger partial charge in [0.25, 0.3) is 5.56 Å². The molecule has 0 saturated carbocycles. The number of fused-ring (bicyclic) bond motifs is 1. The summed E-state index contributed by atoms with van der Waals surface area (Å²) in [6.07, 6.45) is 2.51. The number of aryl methyl sites for hydroxylation is 1. The molecule has 5 heteroatoms. The first-order chi connectivity index (χ1) is 8.72. The van der Waals surface area contributed by atoms with E-state index in [-0.39, 0.29) is 12.2 Å². The number of aliphatic hydroxyl groups is 1. The maximum atomic E-state index is 11.9. The molecular weight excluding hydrogens is 248 g/mol. The first-order valence-corrected chi connectivity index (χ1v) is 7.04. The Kier molecular flexibility index (Phi) is 4.38. The maximum Gasteiger partial charge on any atom is 0.258 e. The van der Waals surface area contributed by atoms with Gasteiger partial charge >= 0.3 is 0 Å². The molecule has 0 unspecified atom stereocenters. The molecule has 0 saturated heterocycles. The molecule has 0 fully saturated rings. The Hall–Kier alpha value is -1.33. The average molecular weight is 264 g/mol. The van der Waals surface area contributed by atoms with Crippen LogP contribution in [0.25, 0.3) is 5.65 Å². The van der Waals surface area contributed by atoms with Crippen molar-refractivity contribution in [3.63, 3.8) is 0 Å². The predicted molar refractivity (Wildman–Crippen MR) is 74.1 cm³/mol. The molecule has 0 aliphatic carbocycles. The monoisotopic (exact) mass is 264 g/mol. The number of nitrogens with zero attached hydrogens (tertiary/aromatic N) is 2. The van der Waals surface area contributed by atoms with E-state index in [0.717, 1.165) is 29.1 Å². The highest BCUT2D eigenvalue weighted by Gasteiger charge is 2.04. The third-order valence-corrected chi connectivity index (χ3v) is 3.71.